The first kappa shape index (κ1) is 16.8. The van der Waals surface area contributed by atoms with Crippen molar-refractivity contribution >= 4 is 33.4 Å². The molecule has 0 bridgehead atoms. The Labute approximate surface area is 143 Å². The Kier molecular flexibility index (Phi) is 5.86. The molecule has 0 aliphatic rings. The molecule has 0 aliphatic heterocycles. The van der Waals surface area contributed by atoms with E-state index in [0.717, 1.165) is 15.8 Å². The summed E-state index contributed by atoms with van der Waals surface area (Å²) >= 11 is 9.38. The number of nitrogens with one attached hydrogen (secondary N) is 1. The molecule has 0 atom stereocenters. The molecule has 0 fully saturated rings. The van der Waals surface area contributed by atoms with Crippen molar-refractivity contribution in [1.29, 1.82) is 0 Å². The lowest BCUT2D eigenvalue weighted by Gasteiger charge is -2.11. The van der Waals surface area contributed by atoms with Crippen molar-refractivity contribution < 1.29 is 9.53 Å². The molecule has 0 saturated carbocycles. The third-order valence-corrected chi connectivity index (χ3v) is 3.73. The van der Waals surface area contributed by atoms with Crippen molar-refractivity contribution in [1.82, 2.24) is 5.32 Å². The summed E-state index contributed by atoms with van der Waals surface area (Å²) in [6.45, 7) is 4.40. The normalized spacial score (nSPS) is 10.6. The highest BCUT2D eigenvalue weighted by atomic mass is 79.9. The third kappa shape index (κ3) is 4.75. The van der Waals surface area contributed by atoms with Crippen LogP contribution in [0.5, 0.6) is 5.75 Å². The number of benzene rings is 2. The Hall–Kier alpha value is -1.52. The minimum absolute atomic E-state index is 0.144. The van der Waals surface area contributed by atoms with E-state index in [9.17, 15) is 4.79 Å². The largest absolute Gasteiger partial charge is 0.491 e. The van der Waals surface area contributed by atoms with Crippen LogP contribution in [0.15, 0.2) is 46.9 Å². The molecular weight excluding hydrogens is 366 g/mol. The lowest BCUT2D eigenvalue weighted by atomic mass is 10.2. The molecule has 0 spiro atoms. The second kappa shape index (κ2) is 7.65. The highest BCUT2D eigenvalue weighted by Gasteiger charge is 2.10. The zero-order chi connectivity index (χ0) is 16.1. The van der Waals surface area contributed by atoms with Crippen molar-refractivity contribution in [2.24, 2.45) is 0 Å². The fourth-order valence-electron chi connectivity index (χ4n) is 1.91. The highest BCUT2D eigenvalue weighted by molar-refractivity contribution is 9.10. The number of hydrogen-bond donors (Lipinski definition) is 1. The van der Waals surface area contributed by atoms with Gasteiger partial charge in [0.05, 0.1) is 16.7 Å². The maximum Gasteiger partial charge on any atom is 0.253 e. The lowest BCUT2D eigenvalue weighted by Crippen LogP contribution is -2.23. The number of carbonyl (C=O) groups excluding carboxylic acids is 1. The Morgan fingerprint density at radius 2 is 1.91 bits per heavy atom. The number of amides is 1. The molecule has 0 aliphatic carbocycles. The van der Waals surface area contributed by atoms with Gasteiger partial charge in [-0.15, -0.1) is 0 Å². The van der Waals surface area contributed by atoms with Gasteiger partial charge in [-0.1, -0.05) is 39.7 Å². The van der Waals surface area contributed by atoms with Gasteiger partial charge in [0.15, 0.2) is 0 Å². The molecule has 0 unspecified atom stereocenters. The van der Waals surface area contributed by atoms with E-state index in [0.29, 0.717) is 17.1 Å². The number of rotatable bonds is 5. The van der Waals surface area contributed by atoms with E-state index in [1.54, 1.807) is 18.2 Å². The minimum Gasteiger partial charge on any atom is -0.491 e. The van der Waals surface area contributed by atoms with Crippen LogP contribution in [0.25, 0.3) is 0 Å². The van der Waals surface area contributed by atoms with E-state index in [1.807, 2.05) is 38.1 Å². The first-order chi connectivity index (χ1) is 10.5. The van der Waals surface area contributed by atoms with Gasteiger partial charge in [-0.25, -0.2) is 0 Å². The molecule has 1 N–H and O–H groups in total. The Balaban J connectivity index is 1.96. The fourth-order valence-corrected chi connectivity index (χ4v) is 2.67. The molecule has 2 aromatic rings. The smallest absolute Gasteiger partial charge is 0.253 e. The van der Waals surface area contributed by atoms with Gasteiger partial charge in [0.1, 0.15) is 5.75 Å². The van der Waals surface area contributed by atoms with Crippen molar-refractivity contribution in [3.63, 3.8) is 0 Å². The van der Waals surface area contributed by atoms with Crippen molar-refractivity contribution in [3.8, 4) is 5.75 Å². The van der Waals surface area contributed by atoms with Gasteiger partial charge < -0.3 is 10.1 Å². The summed E-state index contributed by atoms with van der Waals surface area (Å²) in [4.78, 5) is 12.1. The van der Waals surface area contributed by atoms with Crippen LogP contribution in [0.4, 0.5) is 0 Å². The molecule has 1 amide bonds. The first-order valence-corrected chi connectivity index (χ1v) is 8.11. The monoisotopic (exact) mass is 381 g/mol. The van der Waals surface area contributed by atoms with Crippen LogP contribution in [0.2, 0.25) is 5.02 Å². The van der Waals surface area contributed by atoms with Gasteiger partial charge in [-0.2, -0.15) is 0 Å². The maximum absolute atomic E-state index is 12.1. The van der Waals surface area contributed by atoms with E-state index in [-0.39, 0.29) is 12.0 Å². The molecule has 3 nitrogen and oxygen atoms in total. The van der Waals surface area contributed by atoms with Gasteiger partial charge in [0.2, 0.25) is 0 Å². The van der Waals surface area contributed by atoms with Gasteiger partial charge in [0, 0.05) is 11.0 Å². The number of carbonyl (C=O) groups is 1. The Morgan fingerprint density at radius 3 is 2.50 bits per heavy atom. The van der Waals surface area contributed by atoms with Crippen LogP contribution in [0.3, 0.4) is 0 Å². The van der Waals surface area contributed by atoms with Gasteiger partial charge in [-0.3, -0.25) is 4.79 Å². The molecule has 2 aromatic carbocycles. The first-order valence-electron chi connectivity index (χ1n) is 6.94. The summed E-state index contributed by atoms with van der Waals surface area (Å²) in [5, 5.41) is 3.28. The zero-order valence-corrected chi connectivity index (χ0v) is 14.7. The second-order valence-corrected chi connectivity index (χ2v) is 6.44. The van der Waals surface area contributed by atoms with Crippen LogP contribution in [0, 0.1) is 0 Å². The van der Waals surface area contributed by atoms with Gasteiger partial charge >= 0.3 is 0 Å². The lowest BCUT2D eigenvalue weighted by molar-refractivity contribution is 0.0951. The molecule has 0 radical (unpaired) electrons. The van der Waals surface area contributed by atoms with Crippen LogP contribution >= 0.6 is 27.5 Å². The summed E-state index contributed by atoms with van der Waals surface area (Å²) in [7, 11) is 0. The van der Waals surface area contributed by atoms with E-state index in [2.05, 4.69) is 21.2 Å². The average molecular weight is 383 g/mol. The van der Waals surface area contributed by atoms with Crippen LogP contribution < -0.4 is 10.1 Å². The molecule has 2 rings (SSSR count). The SMILES string of the molecule is CC(C)Oc1ccc(CNC(=O)c2ccc(Br)cc2Cl)cc1. The summed E-state index contributed by atoms with van der Waals surface area (Å²) in [6.07, 6.45) is 0.144. The predicted octanol–water partition coefficient (Wildman–Crippen LogP) is 4.82. The highest BCUT2D eigenvalue weighted by Crippen LogP contribution is 2.21. The number of hydrogen-bond acceptors (Lipinski definition) is 2. The molecule has 0 saturated heterocycles. The Morgan fingerprint density at radius 1 is 1.23 bits per heavy atom. The second-order valence-electron chi connectivity index (χ2n) is 5.12. The molecule has 0 aromatic heterocycles. The topological polar surface area (TPSA) is 38.3 Å². The van der Waals surface area contributed by atoms with Crippen LogP contribution in [-0.2, 0) is 6.54 Å². The quantitative estimate of drug-likeness (QED) is 0.805. The molecule has 5 heteroatoms. The van der Waals surface area contributed by atoms with Crippen molar-refractivity contribution in [2.45, 2.75) is 26.5 Å². The van der Waals surface area contributed by atoms with Crippen molar-refractivity contribution in [2.75, 3.05) is 0 Å². The number of ether oxygens (including phenoxy) is 1. The fraction of sp³-hybridized carbons (Fsp3) is 0.235. The molecular formula is C17H17BrClNO2. The van der Waals surface area contributed by atoms with E-state index in [1.165, 1.54) is 0 Å². The minimum atomic E-state index is -0.194. The number of halogens is 2. The maximum atomic E-state index is 12.1. The standard InChI is InChI=1S/C17H17BrClNO2/c1-11(2)22-14-6-3-12(4-7-14)10-20-17(21)15-8-5-13(18)9-16(15)19/h3-9,11H,10H2,1-2H3,(H,20,21). The van der Waals surface area contributed by atoms with Crippen LogP contribution in [0.1, 0.15) is 29.8 Å². The third-order valence-electron chi connectivity index (χ3n) is 2.92. The predicted molar refractivity (Wildman–Crippen MR) is 92.5 cm³/mol. The van der Waals surface area contributed by atoms with Crippen molar-refractivity contribution in [3.05, 3.63) is 63.1 Å². The summed E-state index contributed by atoms with van der Waals surface area (Å²) in [5.41, 5.74) is 1.46. The molecule has 0 heterocycles. The zero-order valence-electron chi connectivity index (χ0n) is 12.4. The molecule has 116 valence electrons. The van der Waals surface area contributed by atoms with E-state index in [4.69, 9.17) is 16.3 Å². The van der Waals surface area contributed by atoms with Gasteiger partial charge in [0.25, 0.3) is 5.91 Å². The molecule has 22 heavy (non-hydrogen) atoms. The van der Waals surface area contributed by atoms with E-state index >= 15 is 0 Å². The summed E-state index contributed by atoms with van der Waals surface area (Å²) in [6, 6.07) is 12.8. The summed E-state index contributed by atoms with van der Waals surface area (Å²) in [5.74, 6) is 0.626. The van der Waals surface area contributed by atoms with Gasteiger partial charge in [-0.05, 0) is 49.7 Å². The van der Waals surface area contributed by atoms with E-state index < -0.39 is 0 Å². The van der Waals surface area contributed by atoms with Crippen LogP contribution in [-0.4, -0.2) is 12.0 Å². The average Bonchev–Trinajstić information content (AvgIpc) is 2.45. The Bertz CT molecular complexity index is 656. The summed E-state index contributed by atoms with van der Waals surface area (Å²) < 4.78 is 6.42.